The zero-order valence-electron chi connectivity index (χ0n) is 14.3. The highest BCUT2D eigenvalue weighted by Gasteiger charge is 2.10. The molecular formula is C19H19Cl2N3O2. The molecule has 2 aromatic carbocycles. The van der Waals surface area contributed by atoms with Gasteiger partial charge in [0.25, 0.3) is 5.91 Å². The fourth-order valence-electron chi connectivity index (χ4n) is 2.59. The van der Waals surface area contributed by atoms with E-state index in [-0.39, 0.29) is 12.5 Å². The first kappa shape index (κ1) is 18.5. The lowest BCUT2D eigenvalue weighted by atomic mass is 10.1. The van der Waals surface area contributed by atoms with Crippen LogP contribution in [0.3, 0.4) is 0 Å². The van der Waals surface area contributed by atoms with Gasteiger partial charge in [-0.2, -0.15) is 5.10 Å². The minimum Gasteiger partial charge on any atom is -0.484 e. The van der Waals surface area contributed by atoms with Gasteiger partial charge < -0.3 is 10.1 Å². The number of aryl methyl sites for hydroxylation is 2. The van der Waals surface area contributed by atoms with Crippen LogP contribution in [0, 0.1) is 6.92 Å². The second-order valence-electron chi connectivity index (χ2n) is 5.91. The molecule has 0 atom stereocenters. The molecular weight excluding hydrogens is 373 g/mol. The number of nitrogens with one attached hydrogen (secondary N) is 1. The van der Waals surface area contributed by atoms with Gasteiger partial charge >= 0.3 is 0 Å². The van der Waals surface area contributed by atoms with Crippen LogP contribution >= 0.6 is 23.2 Å². The van der Waals surface area contributed by atoms with Gasteiger partial charge in [-0.05, 0) is 36.2 Å². The number of fused-ring (bicyclic) bond motifs is 1. The van der Waals surface area contributed by atoms with Gasteiger partial charge in [-0.1, -0.05) is 53.5 Å². The Kier molecular flexibility index (Phi) is 6.01. The molecule has 0 radical (unpaired) electrons. The number of nitrogens with zero attached hydrogens (tertiary/aromatic N) is 2. The maximum atomic E-state index is 11.9. The van der Waals surface area contributed by atoms with Crippen LogP contribution < -0.4 is 10.1 Å². The van der Waals surface area contributed by atoms with E-state index in [0.29, 0.717) is 41.1 Å². The van der Waals surface area contributed by atoms with Crippen molar-refractivity contribution in [3.05, 3.63) is 58.3 Å². The number of amides is 1. The van der Waals surface area contributed by atoms with Gasteiger partial charge in [0.15, 0.2) is 6.61 Å². The summed E-state index contributed by atoms with van der Waals surface area (Å²) in [6.07, 6.45) is 0.693. The summed E-state index contributed by atoms with van der Waals surface area (Å²) in [5.41, 5.74) is 0.699. The van der Waals surface area contributed by atoms with E-state index in [4.69, 9.17) is 27.9 Å². The summed E-state index contributed by atoms with van der Waals surface area (Å²) in [7, 11) is 0. The van der Waals surface area contributed by atoms with Crippen LogP contribution in [0.2, 0.25) is 10.2 Å². The van der Waals surface area contributed by atoms with E-state index in [9.17, 15) is 4.79 Å². The fraction of sp³-hybridized carbons (Fsp3) is 0.263. The SMILES string of the molecule is Cc1nn(CCCNC(=O)COc2ccc3ccccc3c2)c(Cl)c1Cl. The van der Waals surface area contributed by atoms with Gasteiger partial charge in [0.2, 0.25) is 0 Å². The van der Waals surface area contributed by atoms with E-state index in [1.54, 1.807) is 11.6 Å². The topological polar surface area (TPSA) is 56.2 Å². The van der Waals surface area contributed by atoms with Crippen molar-refractivity contribution in [2.45, 2.75) is 19.9 Å². The standard InChI is InChI=1S/C19H19Cl2N3O2/c1-13-18(20)19(21)24(23-13)10-4-9-22-17(25)12-26-16-8-7-14-5-2-3-6-15(14)11-16/h2-3,5-8,11H,4,9-10,12H2,1H3,(H,22,25). The summed E-state index contributed by atoms with van der Waals surface area (Å²) in [6, 6.07) is 13.8. The fourth-order valence-corrected chi connectivity index (χ4v) is 2.99. The molecule has 26 heavy (non-hydrogen) atoms. The van der Waals surface area contributed by atoms with Crippen molar-refractivity contribution in [2.24, 2.45) is 0 Å². The van der Waals surface area contributed by atoms with Gasteiger partial charge in [0, 0.05) is 13.1 Å². The second kappa shape index (κ2) is 8.43. The van der Waals surface area contributed by atoms with E-state index in [2.05, 4.69) is 10.4 Å². The van der Waals surface area contributed by atoms with Gasteiger partial charge in [0.1, 0.15) is 15.9 Å². The highest BCUT2D eigenvalue weighted by Crippen LogP contribution is 2.25. The quantitative estimate of drug-likeness (QED) is 0.612. The number of carbonyl (C=O) groups excluding carboxylic acids is 1. The number of carbonyl (C=O) groups is 1. The lowest BCUT2D eigenvalue weighted by molar-refractivity contribution is -0.123. The zero-order valence-corrected chi connectivity index (χ0v) is 15.8. The largest absolute Gasteiger partial charge is 0.484 e. The lowest BCUT2D eigenvalue weighted by Crippen LogP contribution is -2.30. The third-order valence-corrected chi connectivity index (χ3v) is 4.89. The summed E-state index contributed by atoms with van der Waals surface area (Å²) in [6.45, 7) is 2.87. The Morgan fingerprint density at radius 3 is 2.69 bits per heavy atom. The molecule has 0 spiro atoms. The summed E-state index contributed by atoms with van der Waals surface area (Å²) >= 11 is 12.1. The maximum absolute atomic E-state index is 11.9. The van der Waals surface area contributed by atoms with E-state index < -0.39 is 0 Å². The Morgan fingerprint density at radius 1 is 1.19 bits per heavy atom. The summed E-state index contributed by atoms with van der Waals surface area (Å²) in [5.74, 6) is 0.506. The number of rotatable bonds is 7. The summed E-state index contributed by atoms with van der Waals surface area (Å²) < 4.78 is 7.20. The van der Waals surface area contributed by atoms with Crippen molar-refractivity contribution >= 4 is 39.9 Å². The average Bonchev–Trinajstić information content (AvgIpc) is 2.90. The highest BCUT2D eigenvalue weighted by atomic mass is 35.5. The first-order chi connectivity index (χ1) is 12.5. The number of hydrogen-bond acceptors (Lipinski definition) is 3. The van der Waals surface area contributed by atoms with Gasteiger partial charge in [-0.25, -0.2) is 0 Å². The molecule has 3 aromatic rings. The predicted molar refractivity (Wildman–Crippen MR) is 104 cm³/mol. The number of aromatic nitrogens is 2. The van der Waals surface area contributed by atoms with Crippen LogP contribution in [0.25, 0.3) is 10.8 Å². The Hall–Kier alpha value is -2.24. The first-order valence-electron chi connectivity index (χ1n) is 8.31. The molecule has 0 unspecified atom stereocenters. The van der Waals surface area contributed by atoms with Crippen LogP contribution in [0.15, 0.2) is 42.5 Å². The van der Waals surface area contributed by atoms with Crippen molar-refractivity contribution in [1.29, 1.82) is 0 Å². The molecule has 0 aliphatic carbocycles. The zero-order chi connectivity index (χ0) is 18.5. The average molecular weight is 392 g/mol. The molecule has 1 N–H and O–H groups in total. The number of benzene rings is 2. The molecule has 136 valence electrons. The van der Waals surface area contributed by atoms with Crippen molar-refractivity contribution in [3.8, 4) is 5.75 Å². The van der Waals surface area contributed by atoms with Crippen molar-refractivity contribution in [1.82, 2.24) is 15.1 Å². The Morgan fingerprint density at radius 2 is 1.96 bits per heavy atom. The van der Waals surface area contributed by atoms with Crippen LogP contribution in [0.5, 0.6) is 5.75 Å². The van der Waals surface area contributed by atoms with Crippen LogP contribution in [-0.2, 0) is 11.3 Å². The third-order valence-electron chi connectivity index (χ3n) is 3.96. The Balaban J connectivity index is 1.41. The first-order valence-corrected chi connectivity index (χ1v) is 9.07. The van der Waals surface area contributed by atoms with Gasteiger partial charge in [0.05, 0.1) is 5.69 Å². The van der Waals surface area contributed by atoms with E-state index in [1.807, 2.05) is 42.5 Å². The van der Waals surface area contributed by atoms with E-state index in [0.717, 1.165) is 10.8 Å². The van der Waals surface area contributed by atoms with Gasteiger partial charge in [-0.15, -0.1) is 0 Å². The van der Waals surface area contributed by atoms with Crippen molar-refractivity contribution in [3.63, 3.8) is 0 Å². The minimum atomic E-state index is -0.168. The number of ether oxygens (including phenoxy) is 1. The molecule has 5 nitrogen and oxygen atoms in total. The van der Waals surface area contributed by atoms with E-state index >= 15 is 0 Å². The Labute approximate surface area is 161 Å². The molecule has 0 aliphatic heterocycles. The van der Waals surface area contributed by atoms with Crippen LogP contribution in [0.1, 0.15) is 12.1 Å². The minimum absolute atomic E-state index is 0.0220. The number of halogens is 2. The summed E-state index contributed by atoms with van der Waals surface area (Å²) in [4.78, 5) is 11.9. The van der Waals surface area contributed by atoms with Gasteiger partial charge in [-0.3, -0.25) is 9.48 Å². The predicted octanol–water partition coefficient (Wildman–Crippen LogP) is 4.24. The second-order valence-corrected chi connectivity index (χ2v) is 6.65. The normalized spacial score (nSPS) is 10.9. The smallest absolute Gasteiger partial charge is 0.257 e. The molecule has 0 bridgehead atoms. The molecule has 0 fully saturated rings. The maximum Gasteiger partial charge on any atom is 0.257 e. The van der Waals surface area contributed by atoms with Crippen LogP contribution in [-0.4, -0.2) is 28.8 Å². The third kappa shape index (κ3) is 4.48. The molecule has 0 saturated heterocycles. The van der Waals surface area contributed by atoms with E-state index in [1.165, 1.54) is 0 Å². The molecule has 1 amide bonds. The summed E-state index contributed by atoms with van der Waals surface area (Å²) in [5, 5.41) is 10.2. The molecule has 0 aliphatic rings. The molecule has 1 aromatic heterocycles. The van der Waals surface area contributed by atoms with Crippen molar-refractivity contribution in [2.75, 3.05) is 13.2 Å². The highest BCUT2D eigenvalue weighted by molar-refractivity contribution is 6.41. The molecule has 0 saturated carbocycles. The lowest BCUT2D eigenvalue weighted by Gasteiger charge is -2.09. The molecule has 3 rings (SSSR count). The molecule has 7 heteroatoms. The monoisotopic (exact) mass is 391 g/mol. The molecule has 1 heterocycles. The number of hydrogen-bond donors (Lipinski definition) is 1. The van der Waals surface area contributed by atoms with Crippen LogP contribution in [0.4, 0.5) is 0 Å². The van der Waals surface area contributed by atoms with Crippen molar-refractivity contribution < 1.29 is 9.53 Å². The Bertz CT molecular complexity index is 924.